The molecule has 0 saturated heterocycles. The summed E-state index contributed by atoms with van der Waals surface area (Å²) in [4.78, 5) is 16.8. The van der Waals surface area contributed by atoms with Crippen molar-refractivity contribution >= 4 is 17.5 Å². The number of amides is 1. The van der Waals surface area contributed by atoms with E-state index in [4.69, 9.17) is 11.6 Å². The molecule has 2 aromatic carbocycles. The van der Waals surface area contributed by atoms with E-state index in [1.165, 1.54) is 6.07 Å². The highest BCUT2D eigenvalue weighted by Crippen LogP contribution is 2.26. The van der Waals surface area contributed by atoms with Gasteiger partial charge in [-0.3, -0.25) is 10.1 Å². The Bertz CT molecular complexity index is 980. The average molecular weight is 426 g/mol. The Morgan fingerprint density at radius 3 is 2.50 bits per heavy atom. The molecular formula is C24H25ClFN3O. The molecule has 0 aliphatic rings. The first-order valence-corrected chi connectivity index (χ1v) is 10.2. The van der Waals surface area contributed by atoms with E-state index in [0.29, 0.717) is 17.1 Å². The highest BCUT2D eigenvalue weighted by atomic mass is 35.5. The Morgan fingerprint density at radius 1 is 1.10 bits per heavy atom. The number of nitrogens with one attached hydrogen (secondary N) is 2. The van der Waals surface area contributed by atoms with Gasteiger partial charge in [0, 0.05) is 19.3 Å². The summed E-state index contributed by atoms with van der Waals surface area (Å²) < 4.78 is 13.9. The molecule has 0 spiro atoms. The van der Waals surface area contributed by atoms with E-state index < -0.39 is 6.04 Å². The number of nitrogens with zero attached hydrogens (tertiary/aromatic N) is 1. The van der Waals surface area contributed by atoms with E-state index in [2.05, 4.69) is 15.6 Å². The molecule has 0 aliphatic heterocycles. The molecule has 1 unspecified atom stereocenters. The van der Waals surface area contributed by atoms with Gasteiger partial charge in [-0.2, -0.15) is 0 Å². The third-order valence-electron chi connectivity index (χ3n) is 5.10. The second-order valence-electron chi connectivity index (χ2n) is 7.21. The second kappa shape index (κ2) is 10.3. The smallest absolute Gasteiger partial charge is 0.241 e. The number of hydrogen-bond acceptors (Lipinski definition) is 3. The van der Waals surface area contributed by atoms with Gasteiger partial charge in [0.1, 0.15) is 17.0 Å². The van der Waals surface area contributed by atoms with Gasteiger partial charge in [-0.25, -0.2) is 9.37 Å². The fourth-order valence-electron chi connectivity index (χ4n) is 3.41. The van der Waals surface area contributed by atoms with Crippen LogP contribution in [0.25, 0.3) is 0 Å². The van der Waals surface area contributed by atoms with Crippen LogP contribution >= 0.6 is 11.6 Å². The minimum Gasteiger partial charge on any atom is -0.358 e. The predicted molar refractivity (Wildman–Crippen MR) is 118 cm³/mol. The molecule has 2 N–H and O–H groups in total. The van der Waals surface area contributed by atoms with E-state index in [0.717, 1.165) is 23.1 Å². The Kier molecular flexibility index (Phi) is 7.55. The van der Waals surface area contributed by atoms with Gasteiger partial charge >= 0.3 is 0 Å². The highest BCUT2D eigenvalue weighted by Gasteiger charge is 2.24. The monoisotopic (exact) mass is 425 g/mol. The Balaban J connectivity index is 1.89. The van der Waals surface area contributed by atoms with Crippen molar-refractivity contribution in [3.8, 4) is 0 Å². The lowest BCUT2D eigenvalue weighted by atomic mass is 9.95. The molecule has 3 aromatic rings. The molecule has 0 bridgehead atoms. The molecule has 4 nitrogen and oxygen atoms in total. The molecule has 2 atom stereocenters. The van der Waals surface area contributed by atoms with Crippen molar-refractivity contribution < 1.29 is 9.18 Å². The third kappa shape index (κ3) is 5.65. The number of benzene rings is 2. The van der Waals surface area contributed by atoms with Crippen LogP contribution in [0.2, 0.25) is 5.15 Å². The number of aryl methyl sites for hydroxylation is 2. The van der Waals surface area contributed by atoms with Crippen molar-refractivity contribution in [1.82, 2.24) is 15.6 Å². The first-order valence-electron chi connectivity index (χ1n) is 9.87. The molecule has 3 rings (SSSR count). The van der Waals surface area contributed by atoms with Crippen molar-refractivity contribution in [1.29, 1.82) is 0 Å². The standard InChI is InChI=1S/C24H25ClFN3O/c1-16-14-19(10-11-20(16)26)21(12-8-17-9-13-22(25)28-15-17)29-23(24(30)27-2)18-6-4-3-5-7-18/h3-7,9-11,13-15,21,23,29H,8,12H2,1-2H3,(H,27,30)/t21-,23?/m1/s1. The van der Waals surface area contributed by atoms with Gasteiger partial charge < -0.3 is 5.32 Å². The molecule has 6 heteroatoms. The fraction of sp³-hybridized carbons (Fsp3) is 0.250. The van der Waals surface area contributed by atoms with Gasteiger partial charge in [0.05, 0.1) is 0 Å². The largest absolute Gasteiger partial charge is 0.358 e. The van der Waals surface area contributed by atoms with Crippen LogP contribution in [-0.2, 0) is 11.2 Å². The van der Waals surface area contributed by atoms with Crippen LogP contribution in [0.4, 0.5) is 4.39 Å². The number of likely N-dealkylation sites (N-methyl/N-ethyl adjacent to an activating group) is 1. The van der Waals surface area contributed by atoms with Crippen molar-refractivity contribution in [2.75, 3.05) is 7.05 Å². The lowest BCUT2D eigenvalue weighted by Gasteiger charge is -2.26. The maximum atomic E-state index is 13.9. The molecule has 1 heterocycles. The molecule has 156 valence electrons. The summed E-state index contributed by atoms with van der Waals surface area (Å²) in [7, 11) is 1.62. The number of halogens is 2. The van der Waals surface area contributed by atoms with Gasteiger partial charge in [0.15, 0.2) is 0 Å². The van der Waals surface area contributed by atoms with E-state index >= 15 is 0 Å². The Hall–Kier alpha value is -2.76. The molecule has 0 radical (unpaired) electrons. The van der Waals surface area contributed by atoms with Gasteiger partial charge in [0.25, 0.3) is 0 Å². The number of aromatic nitrogens is 1. The lowest BCUT2D eigenvalue weighted by molar-refractivity contribution is -0.123. The first-order chi connectivity index (χ1) is 14.5. The summed E-state index contributed by atoms with van der Waals surface area (Å²) in [6.07, 6.45) is 3.19. The van der Waals surface area contributed by atoms with Crippen LogP contribution in [-0.4, -0.2) is 17.9 Å². The third-order valence-corrected chi connectivity index (χ3v) is 5.33. The Morgan fingerprint density at radius 2 is 1.87 bits per heavy atom. The van der Waals surface area contributed by atoms with Crippen molar-refractivity contribution in [3.63, 3.8) is 0 Å². The zero-order chi connectivity index (χ0) is 21.5. The summed E-state index contributed by atoms with van der Waals surface area (Å²) in [5.74, 6) is -0.372. The topological polar surface area (TPSA) is 54.0 Å². The number of hydrogen-bond donors (Lipinski definition) is 2. The average Bonchev–Trinajstić information content (AvgIpc) is 2.77. The number of pyridine rings is 1. The van der Waals surface area contributed by atoms with Crippen molar-refractivity contribution in [2.24, 2.45) is 0 Å². The lowest BCUT2D eigenvalue weighted by Crippen LogP contribution is -2.38. The van der Waals surface area contributed by atoms with Crippen molar-refractivity contribution in [3.05, 3.63) is 100 Å². The van der Waals surface area contributed by atoms with Gasteiger partial charge in [-0.1, -0.05) is 60.1 Å². The van der Waals surface area contributed by atoms with Crippen molar-refractivity contribution in [2.45, 2.75) is 31.8 Å². The highest BCUT2D eigenvalue weighted by molar-refractivity contribution is 6.29. The van der Waals surface area contributed by atoms with Crippen LogP contribution in [0.1, 0.15) is 40.8 Å². The SMILES string of the molecule is CNC(=O)C(N[C@H](CCc1ccc(Cl)nc1)c1ccc(F)c(C)c1)c1ccccc1. The summed E-state index contributed by atoms with van der Waals surface area (Å²) in [5.41, 5.74) is 3.42. The van der Waals surface area contributed by atoms with Crippen LogP contribution in [0, 0.1) is 12.7 Å². The first kappa shape index (κ1) is 21.9. The predicted octanol–water partition coefficient (Wildman–Crippen LogP) is 4.93. The summed E-state index contributed by atoms with van der Waals surface area (Å²) in [6.45, 7) is 1.74. The summed E-state index contributed by atoms with van der Waals surface area (Å²) in [5, 5.41) is 6.67. The molecule has 1 aromatic heterocycles. The molecular weight excluding hydrogens is 401 g/mol. The minimum atomic E-state index is -0.532. The normalized spacial score (nSPS) is 12.9. The summed E-state index contributed by atoms with van der Waals surface area (Å²) in [6, 6.07) is 17.6. The molecule has 0 saturated carbocycles. The van der Waals surface area contributed by atoms with E-state index in [9.17, 15) is 9.18 Å². The molecule has 0 fully saturated rings. The second-order valence-corrected chi connectivity index (χ2v) is 7.60. The quantitative estimate of drug-likeness (QED) is 0.503. The minimum absolute atomic E-state index is 0.127. The number of rotatable bonds is 8. The molecule has 0 aliphatic carbocycles. The maximum absolute atomic E-state index is 13.9. The van der Waals surface area contributed by atoms with Crippen LogP contribution in [0.5, 0.6) is 0 Å². The van der Waals surface area contributed by atoms with Gasteiger partial charge in [-0.15, -0.1) is 0 Å². The fourth-order valence-corrected chi connectivity index (χ4v) is 3.52. The molecule has 30 heavy (non-hydrogen) atoms. The van der Waals surface area contributed by atoms with E-state index in [-0.39, 0.29) is 17.8 Å². The van der Waals surface area contributed by atoms with Gasteiger partial charge in [-0.05, 0) is 54.2 Å². The van der Waals surface area contributed by atoms with E-state index in [1.54, 1.807) is 32.3 Å². The van der Waals surface area contributed by atoms with Crippen LogP contribution in [0.15, 0.2) is 66.9 Å². The Labute approximate surface area is 181 Å². The van der Waals surface area contributed by atoms with Gasteiger partial charge in [0.2, 0.25) is 5.91 Å². The zero-order valence-electron chi connectivity index (χ0n) is 17.0. The molecule has 1 amide bonds. The van der Waals surface area contributed by atoms with Crippen LogP contribution < -0.4 is 10.6 Å². The van der Waals surface area contributed by atoms with Crippen LogP contribution in [0.3, 0.4) is 0 Å². The van der Waals surface area contributed by atoms with E-state index in [1.807, 2.05) is 42.5 Å². The summed E-state index contributed by atoms with van der Waals surface area (Å²) >= 11 is 5.89. The number of carbonyl (C=O) groups is 1. The zero-order valence-corrected chi connectivity index (χ0v) is 17.8. The number of carbonyl (C=O) groups excluding carboxylic acids is 1. The maximum Gasteiger partial charge on any atom is 0.241 e.